The lowest BCUT2D eigenvalue weighted by Gasteiger charge is -2.18. The molecule has 0 unspecified atom stereocenters. The summed E-state index contributed by atoms with van der Waals surface area (Å²) in [5, 5.41) is 5.63. The molecule has 0 saturated heterocycles. The van der Waals surface area contributed by atoms with Crippen molar-refractivity contribution < 1.29 is 14.3 Å². The fourth-order valence-electron chi connectivity index (χ4n) is 2.35. The Morgan fingerprint density at radius 2 is 2.09 bits per heavy atom. The monoisotopic (exact) mass is 296 g/mol. The van der Waals surface area contributed by atoms with Crippen LogP contribution in [0.1, 0.15) is 21.5 Å². The molecule has 2 aromatic rings. The van der Waals surface area contributed by atoms with Gasteiger partial charge in [-0.15, -0.1) is 0 Å². The van der Waals surface area contributed by atoms with E-state index >= 15 is 0 Å². The van der Waals surface area contributed by atoms with E-state index in [1.54, 1.807) is 12.1 Å². The highest BCUT2D eigenvalue weighted by atomic mass is 16.5. The average Bonchev–Trinajstić information content (AvgIpc) is 2.52. The van der Waals surface area contributed by atoms with Gasteiger partial charge in [-0.3, -0.25) is 9.59 Å². The van der Waals surface area contributed by atoms with Gasteiger partial charge >= 0.3 is 0 Å². The Morgan fingerprint density at radius 1 is 1.27 bits per heavy atom. The summed E-state index contributed by atoms with van der Waals surface area (Å²) in [4.78, 5) is 23.5. The van der Waals surface area contributed by atoms with E-state index in [2.05, 4.69) is 10.6 Å². The van der Waals surface area contributed by atoms with E-state index in [-0.39, 0.29) is 18.4 Å². The van der Waals surface area contributed by atoms with Crippen molar-refractivity contribution in [3.05, 3.63) is 59.2 Å². The molecule has 2 N–H and O–H groups in total. The highest BCUT2D eigenvalue weighted by Crippen LogP contribution is 2.28. The summed E-state index contributed by atoms with van der Waals surface area (Å²) in [6, 6.07) is 12.9. The van der Waals surface area contributed by atoms with Gasteiger partial charge in [0.25, 0.3) is 11.8 Å². The Balaban J connectivity index is 1.69. The molecule has 112 valence electrons. The second-order valence-electron chi connectivity index (χ2n) is 5.16. The van der Waals surface area contributed by atoms with Gasteiger partial charge in [0.2, 0.25) is 0 Å². The zero-order valence-electron chi connectivity index (χ0n) is 12.2. The first-order chi connectivity index (χ1) is 10.6. The van der Waals surface area contributed by atoms with Crippen molar-refractivity contribution in [1.29, 1.82) is 0 Å². The molecule has 5 heteroatoms. The highest BCUT2D eigenvalue weighted by molar-refractivity contribution is 5.96. The number of carbonyl (C=O) groups excluding carboxylic acids is 2. The molecule has 0 radical (unpaired) electrons. The van der Waals surface area contributed by atoms with Crippen LogP contribution in [0, 0.1) is 6.92 Å². The first-order valence-electron chi connectivity index (χ1n) is 7.03. The van der Waals surface area contributed by atoms with Gasteiger partial charge in [-0.2, -0.15) is 0 Å². The molecule has 0 bridgehead atoms. The normalized spacial score (nSPS) is 12.9. The van der Waals surface area contributed by atoms with Crippen molar-refractivity contribution in [3.63, 3.8) is 0 Å². The second-order valence-corrected chi connectivity index (χ2v) is 5.16. The van der Waals surface area contributed by atoms with Crippen molar-refractivity contribution in [2.24, 2.45) is 0 Å². The summed E-state index contributed by atoms with van der Waals surface area (Å²) in [7, 11) is 0. The van der Waals surface area contributed by atoms with Crippen molar-refractivity contribution >= 4 is 17.5 Å². The number of nitrogens with one attached hydrogen (secondary N) is 2. The standard InChI is InChI=1S/C17H16N2O3/c1-11-4-2-3-5-13(11)17(21)18-9-12-6-7-15-14(8-12)19-16(20)10-22-15/h2-8H,9-10H2,1H3,(H,18,21)(H,19,20). The molecule has 22 heavy (non-hydrogen) atoms. The van der Waals surface area contributed by atoms with Crippen molar-refractivity contribution in [2.45, 2.75) is 13.5 Å². The predicted molar refractivity (Wildman–Crippen MR) is 82.9 cm³/mol. The van der Waals surface area contributed by atoms with Gasteiger partial charge in [0, 0.05) is 12.1 Å². The number of benzene rings is 2. The highest BCUT2D eigenvalue weighted by Gasteiger charge is 2.16. The molecule has 2 amide bonds. The quantitative estimate of drug-likeness (QED) is 0.913. The lowest BCUT2D eigenvalue weighted by atomic mass is 10.1. The average molecular weight is 296 g/mol. The molecule has 0 atom stereocenters. The fraction of sp³-hybridized carbons (Fsp3) is 0.176. The summed E-state index contributed by atoms with van der Waals surface area (Å²) in [5.74, 6) is 0.360. The van der Waals surface area contributed by atoms with Crippen LogP contribution in [0.2, 0.25) is 0 Å². The van der Waals surface area contributed by atoms with Crippen molar-refractivity contribution in [1.82, 2.24) is 5.32 Å². The molecule has 1 aliphatic rings. The second kappa shape index (κ2) is 5.89. The summed E-state index contributed by atoms with van der Waals surface area (Å²) < 4.78 is 5.30. The van der Waals surface area contributed by atoms with Crippen LogP contribution >= 0.6 is 0 Å². The molecule has 5 nitrogen and oxygen atoms in total. The van der Waals surface area contributed by atoms with Crippen LogP contribution in [0.25, 0.3) is 0 Å². The minimum Gasteiger partial charge on any atom is -0.482 e. The van der Waals surface area contributed by atoms with Crippen LogP contribution in [-0.2, 0) is 11.3 Å². The molecule has 0 saturated carbocycles. The number of fused-ring (bicyclic) bond motifs is 1. The van der Waals surface area contributed by atoms with Crippen LogP contribution in [0.5, 0.6) is 5.75 Å². The van der Waals surface area contributed by atoms with E-state index in [4.69, 9.17) is 4.74 Å². The molecule has 2 aromatic carbocycles. The Bertz CT molecular complexity index is 740. The summed E-state index contributed by atoms with van der Waals surface area (Å²) in [6.45, 7) is 2.33. The zero-order valence-corrected chi connectivity index (χ0v) is 12.2. The number of anilines is 1. The predicted octanol–water partition coefficient (Wildman–Crippen LogP) is 2.26. The maximum Gasteiger partial charge on any atom is 0.262 e. The van der Waals surface area contributed by atoms with Crippen LogP contribution in [0.15, 0.2) is 42.5 Å². The molecular formula is C17H16N2O3. The van der Waals surface area contributed by atoms with E-state index in [1.807, 2.05) is 37.3 Å². The first kappa shape index (κ1) is 14.1. The molecule has 1 heterocycles. The van der Waals surface area contributed by atoms with E-state index < -0.39 is 0 Å². The third-order valence-corrected chi connectivity index (χ3v) is 3.52. The molecular weight excluding hydrogens is 280 g/mol. The Kier molecular flexibility index (Phi) is 3.78. The fourth-order valence-corrected chi connectivity index (χ4v) is 2.35. The van der Waals surface area contributed by atoms with Crippen molar-refractivity contribution in [3.8, 4) is 5.75 Å². The van der Waals surface area contributed by atoms with E-state index in [1.165, 1.54) is 0 Å². The summed E-state index contributed by atoms with van der Waals surface area (Å²) in [5.41, 5.74) is 3.13. The number of rotatable bonds is 3. The maximum atomic E-state index is 12.2. The number of amides is 2. The number of aryl methyl sites for hydroxylation is 1. The number of hydrogen-bond donors (Lipinski definition) is 2. The third-order valence-electron chi connectivity index (χ3n) is 3.52. The number of carbonyl (C=O) groups is 2. The number of hydrogen-bond acceptors (Lipinski definition) is 3. The van der Waals surface area contributed by atoms with Gasteiger partial charge < -0.3 is 15.4 Å². The van der Waals surface area contributed by atoms with Gasteiger partial charge in [0.1, 0.15) is 5.75 Å². The lowest BCUT2D eigenvalue weighted by molar-refractivity contribution is -0.118. The minimum atomic E-state index is -0.173. The molecule has 0 fully saturated rings. The Labute approximate surface area is 128 Å². The maximum absolute atomic E-state index is 12.2. The molecule has 0 aliphatic carbocycles. The Morgan fingerprint density at radius 3 is 2.91 bits per heavy atom. The smallest absolute Gasteiger partial charge is 0.262 e. The summed E-state index contributed by atoms with van der Waals surface area (Å²) >= 11 is 0. The minimum absolute atomic E-state index is 0.0381. The molecule has 0 aromatic heterocycles. The van der Waals surface area contributed by atoms with Crippen LogP contribution in [-0.4, -0.2) is 18.4 Å². The topological polar surface area (TPSA) is 67.4 Å². The van der Waals surface area contributed by atoms with Gasteiger partial charge in [-0.05, 0) is 36.2 Å². The van der Waals surface area contributed by atoms with Crippen LogP contribution < -0.4 is 15.4 Å². The largest absolute Gasteiger partial charge is 0.482 e. The van der Waals surface area contributed by atoms with Gasteiger partial charge in [-0.1, -0.05) is 24.3 Å². The lowest BCUT2D eigenvalue weighted by Crippen LogP contribution is -2.26. The summed E-state index contributed by atoms with van der Waals surface area (Å²) in [6.07, 6.45) is 0. The first-order valence-corrected chi connectivity index (χ1v) is 7.03. The molecule has 1 aliphatic heterocycles. The van der Waals surface area contributed by atoms with Crippen molar-refractivity contribution in [2.75, 3.05) is 11.9 Å². The Hall–Kier alpha value is -2.82. The number of ether oxygens (including phenoxy) is 1. The molecule has 0 spiro atoms. The zero-order chi connectivity index (χ0) is 15.5. The van der Waals surface area contributed by atoms with E-state index in [0.29, 0.717) is 23.5 Å². The van der Waals surface area contributed by atoms with E-state index in [0.717, 1.165) is 11.1 Å². The SMILES string of the molecule is Cc1ccccc1C(=O)NCc1ccc2c(c1)NC(=O)CO2. The van der Waals surface area contributed by atoms with Gasteiger partial charge in [0.05, 0.1) is 5.69 Å². The third kappa shape index (κ3) is 2.93. The molecule has 3 rings (SSSR count). The van der Waals surface area contributed by atoms with Crippen LogP contribution in [0.3, 0.4) is 0 Å². The van der Waals surface area contributed by atoms with Gasteiger partial charge in [0.15, 0.2) is 6.61 Å². The van der Waals surface area contributed by atoms with E-state index in [9.17, 15) is 9.59 Å². The van der Waals surface area contributed by atoms with Crippen LogP contribution in [0.4, 0.5) is 5.69 Å². The van der Waals surface area contributed by atoms with Gasteiger partial charge in [-0.25, -0.2) is 0 Å².